The summed E-state index contributed by atoms with van der Waals surface area (Å²) in [6.07, 6.45) is 0. The Morgan fingerprint density at radius 1 is 1.00 bits per heavy atom. The number of nitrogens with zero attached hydrogens (tertiary/aromatic N) is 6. The highest BCUT2D eigenvalue weighted by Crippen LogP contribution is 2.21. The summed E-state index contributed by atoms with van der Waals surface area (Å²) in [5, 5.41) is 24.6. The molecule has 102 valence electrons. The second kappa shape index (κ2) is 4.49. The molecule has 2 rings (SSSR count). The fraction of sp³-hybridized carbons (Fsp3) is 1.00. The lowest BCUT2D eigenvalue weighted by atomic mass is 10.0. The van der Waals surface area contributed by atoms with E-state index >= 15 is 0 Å². The van der Waals surface area contributed by atoms with Gasteiger partial charge in [-0.3, -0.25) is 11.7 Å². The first-order valence-electron chi connectivity index (χ1n) is 5.21. The van der Waals surface area contributed by atoms with Crippen LogP contribution in [0.5, 0.6) is 0 Å². The Labute approximate surface area is 101 Å². The molecule has 0 aromatic carbocycles. The number of nitrogens with two attached hydrogens (primary N) is 2. The van der Waals surface area contributed by atoms with Crippen molar-refractivity contribution >= 4 is 0 Å². The number of fused-ring (bicyclic) bond motifs is 1. The molecule has 0 spiro atoms. The summed E-state index contributed by atoms with van der Waals surface area (Å²) in [6, 6.07) is -1.07. The van der Waals surface area contributed by atoms with Gasteiger partial charge in [0.15, 0.2) is 10.1 Å². The third kappa shape index (κ3) is 2.13. The molecule has 0 bridgehead atoms. The fourth-order valence-electron chi connectivity index (χ4n) is 2.31. The minimum Gasteiger partial charge on any atom is -0.267 e. The maximum Gasteiger partial charge on any atom is 0.208 e. The summed E-state index contributed by atoms with van der Waals surface area (Å²) in [5.41, 5.74) is 0. The van der Waals surface area contributed by atoms with E-state index in [9.17, 15) is 20.2 Å². The van der Waals surface area contributed by atoms with Crippen molar-refractivity contribution in [2.45, 2.75) is 12.1 Å². The van der Waals surface area contributed by atoms with Crippen LogP contribution in [0.3, 0.4) is 0 Å². The zero-order valence-corrected chi connectivity index (χ0v) is 9.45. The third-order valence-corrected chi connectivity index (χ3v) is 3.17. The van der Waals surface area contributed by atoms with Crippen molar-refractivity contribution in [3.05, 3.63) is 20.2 Å². The highest BCUT2D eigenvalue weighted by atomic mass is 16.7. The van der Waals surface area contributed by atoms with E-state index in [1.54, 1.807) is 0 Å². The van der Waals surface area contributed by atoms with Gasteiger partial charge in [-0.15, -0.1) is 5.01 Å². The number of nitro groups is 2. The molecule has 0 aromatic heterocycles. The Hall–Kier alpha value is -1.76. The van der Waals surface area contributed by atoms with Gasteiger partial charge in [0.2, 0.25) is 6.67 Å². The molecule has 2 atom stereocenters. The number of hydrogen-bond acceptors (Lipinski definition) is 8. The van der Waals surface area contributed by atoms with Crippen LogP contribution >= 0.6 is 0 Å². The van der Waals surface area contributed by atoms with Crippen LogP contribution in [0.2, 0.25) is 0 Å². The van der Waals surface area contributed by atoms with Crippen molar-refractivity contribution < 1.29 is 10.1 Å². The maximum atomic E-state index is 11.0. The predicted octanol–water partition coefficient (Wildman–Crippen LogP) is -3.00. The van der Waals surface area contributed by atoms with E-state index in [1.165, 1.54) is 10.0 Å². The van der Waals surface area contributed by atoms with Crippen molar-refractivity contribution in [1.29, 1.82) is 0 Å². The molecule has 2 saturated heterocycles. The van der Waals surface area contributed by atoms with E-state index < -0.39 is 22.1 Å². The highest BCUT2D eigenvalue weighted by molar-refractivity contribution is 4.91. The monoisotopic (exact) mass is 262 g/mol. The predicted molar refractivity (Wildman–Crippen MR) is 56.8 cm³/mol. The van der Waals surface area contributed by atoms with Crippen LogP contribution in [-0.2, 0) is 0 Å². The molecule has 2 unspecified atom stereocenters. The standard InChI is InChI=1S/C6H14N8O4/c7-9-1-6-5(11(8)3-9)2-10(13(15)16)4-12(6)14(17)18/h5-6H,1-4,7-8H2. The van der Waals surface area contributed by atoms with Crippen molar-refractivity contribution in [1.82, 2.24) is 20.0 Å². The Morgan fingerprint density at radius 2 is 1.67 bits per heavy atom. The quantitative estimate of drug-likeness (QED) is 0.299. The second-order valence-corrected chi connectivity index (χ2v) is 4.31. The van der Waals surface area contributed by atoms with Gasteiger partial charge < -0.3 is 0 Å². The van der Waals surface area contributed by atoms with Gasteiger partial charge >= 0.3 is 0 Å². The Morgan fingerprint density at radius 3 is 2.22 bits per heavy atom. The van der Waals surface area contributed by atoms with Crippen molar-refractivity contribution in [3.8, 4) is 0 Å². The van der Waals surface area contributed by atoms with E-state index in [0.29, 0.717) is 0 Å². The number of hydrogen-bond donors (Lipinski definition) is 2. The van der Waals surface area contributed by atoms with Crippen LogP contribution in [0.1, 0.15) is 0 Å². The third-order valence-electron chi connectivity index (χ3n) is 3.17. The van der Waals surface area contributed by atoms with Gasteiger partial charge in [0, 0.05) is 6.54 Å². The summed E-state index contributed by atoms with van der Waals surface area (Å²) >= 11 is 0. The zero-order valence-electron chi connectivity index (χ0n) is 9.45. The van der Waals surface area contributed by atoms with Crippen LogP contribution in [-0.4, -0.2) is 68.6 Å². The smallest absolute Gasteiger partial charge is 0.208 e. The summed E-state index contributed by atoms with van der Waals surface area (Å²) < 4.78 is 0. The molecule has 0 amide bonds. The van der Waals surface area contributed by atoms with Crippen molar-refractivity contribution in [3.63, 3.8) is 0 Å². The van der Waals surface area contributed by atoms with E-state index in [1.807, 2.05) is 0 Å². The van der Waals surface area contributed by atoms with Gasteiger partial charge in [-0.25, -0.2) is 30.2 Å². The van der Waals surface area contributed by atoms with E-state index in [4.69, 9.17) is 11.7 Å². The van der Waals surface area contributed by atoms with Crippen LogP contribution in [0.15, 0.2) is 0 Å². The van der Waals surface area contributed by atoms with Crippen LogP contribution in [0.25, 0.3) is 0 Å². The van der Waals surface area contributed by atoms with E-state index in [-0.39, 0.29) is 26.4 Å². The number of hydrazine groups is 4. The second-order valence-electron chi connectivity index (χ2n) is 4.31. The molecule has 0 radical (unpaired) electrons. The minimum atomic E-state index is -0.657. The Kier molecular flexibility index (Phi) is 3.16. The lowest BCUT2D eigenvalue weighted by Gasteiger charge is -2.46. The highest BCUT2D eigenvalue weighted by Gasteiger charge is 2.49. The lowest BCUT2D eigenvalue weighted by Crippen LogP contribution is -2.74. The normalized spacial score (nSPS) is 30.1. The van der Waals surface area contributed by atoms with Crippen LogP contribution in [0, 0.1) is 20.2 Å². The van der Waals surface area contributed by atoms with Gasteiger partial charge in [-0.2, -0.15) is 0 Å². The summed E-state index contributed by atoms with van der Waals surface area (Å²) in [4.78, 5) is 21.7. The first-order valence-corrected chi connectivity index (χ1v) is 5.21. The summed E-state index contributed by atoms with van der Waals surface area (Å²) in [6.45, 7) is 0.0956. The average Bonchev–Trinajstić information content (AvgIpc) is 2.27. The molecule has 2 aliphatic rings. The number of rotatable bonds is 2. The fourth-order valence-corrected chi connectivity index (χ4v) is 2.31. The topological polar surface area (TPSA) is 151 Å². The van der Waals surface area contributed by atoms with Crippen molar-refractivity contribution in [2.24, 2.45) is 11.7 Å². The van der Waals surface area contributed by atoms with Crippen molar-refractivity contribution in [2.75, 3.05) is 26.4 Å². The molecule has 2 heterocycles. The SMILES string of the molecule is NN1CC2C(CN([N+](=O)[O-])CN2[N+](=O)[O-])N(N)C1. The first kappa shape index (κ1) is 12.7. The van der Waals surface area contributed by atoms with Gasteiger partial charge in [0.25, 0.3) is 0 Å². The molecule has 2 fully saturated rings. The van der Waals surface area contributed by atoms with Gasteiger partial charge in [-0.1, -0.05) is 5.01 Å². The molecule has 0 aromatic rings. The molecule has 4 N–H and O–H groups in total. The molecule has 2 aliphatic heterocycles. The van der Waals surface area contributed by atoms with Gasteiger partial charge in [0.1, 0.15) is 12.6 Å². The molecule has 18 heavy (non-hydrogen) atoms. The van der Waals surface area contributed by atoms with E-state index in [0.717, 1.165) is 10.0 Å². The van der Waals surface area contributed by atoms with E-state index in [2.05, 4.69) is 0 Å². The summed E-state index contributed by atoms with van der Waals surface area (Å²) in [5.74, 6) is 11.3. The average molecular weight is 262 g/mol. The Bertz CT molecular complexity index is 365. The molecule has 0 aliphatic carbocycles. The zero-order chi connectivity index (χ0) is 13.4. The maximum absolute atomic E-state index is 11.0. The lowest BCUT2D eigenvalue weighted by molar-refractivity contribution is -0.728. The van der Waals surface area contributed by atoms with Gasteiger partial charge in [0.05, 0.1) is 12.7 Å². The Balaban J connectivity index is 2.23. The molecule has 12 nitrogen and oxygen atoms in total. The molecule has 12 heteroatoms. The van der Waals surface area contributed by atoms with Crippen LogP contribution < -0.4 is 11.7 Å². The summed E-state index contributed by atoms with van der Waals surface area (Å²) in [7, 11) is 0. The molecule has 0 saturated carbocycles. The molecular weight excluding hydrogens is 248 g/mol. The van der Waals surface area contributed by atoms with Crippen LogP contribution in [0.4, 0.5) is 0 Å². The minimum absolute atomic E-state index is 0.0341. The van der Waals surface area contributed by atoms with Gasteiger partial charge in [-0.05, 0) is 0 Å². The first-order chi connectivity index (χ1) is 8.40. The molecular formula is C6H14N8O4. The largest absolute Gasteiger partial charge is 0.267 e.